The number of aliphatic hydroxyl groups excluding tert-OH is 1. The average Bonchev–Trinajstić information content (AvgIpc) is 2.43. The molecule has 0 aromatic rings. The van der Waals surface area contributed by atoms with Crippen LogP contribution in [-0.4, -0.2) is 11.7 Å². The number of allylic oxidation sites excluding steroid dienone is 3. The molecular weight excluding hydrogens is 232 g/mol. The Morgan fingerprint density at radius 2 is 1.00 bits per heavy atom. The third kappa shape index (κ3) is 17.4. The van der Waals surface area contributed by atoms with Crippen LogP contribution in [-0.2, 0) is 0 Å². The highest BCUT2D eigenvalue weighted by molar-refractivity contribution is 4.81. The molecule has 1 nitrogen and oxygen atoms in total. The minimum Gasteiger partial charge on any atom is -0.392 e. The van der Waals surface area contributed by atoms with Gasteiger partial charge in [0.15, 0.2) is 0 Å². The van der Waals surface area contributed by atoms with Gasteiger partial charge in [0.2, 0.25) is 0 Å². The minimum atomic E-state index is 0.187. The molecule has 0 amide bonds. The predicted molar refractivity (Wildman–Crippen MR) is 86.4 cm³/mol. The quantitative estimate of drug-likeness (QED) is 0.311. The number of rotatable bonds is 14. The van der Waals surface area contributed by atoms with Crippen molar-refractivity contribution in [2.75, 3.05) is 6.61 Å². The van der Waals surface area contributed by atoms with Gasteiger partial charge < -0.3 is 5.11 Å². The topological polar surface area (TPSA) is 20.2 Å². The molecule has 0 rings (SSSR count). The standard InChI is InChI=1S/C18H34O/c1-2-3-4-5-6-7-8-9-10-11-12-13-14-15-16-17-18-19/h5-6,16-17,19H,2-4,7-15,18H2,1H3/b6-5+,17-16-. The Kier molecular flexibility index (Phi) is 16.9. The van der Waals surface area contributed by atoms with Crippen molar-refractivity contribution in [2.24, 2.45) is 0 Å². The number of hydrogen-bond acceptors (Lipinski definition) is 1. The van der Waals surface area contributed by atoms with Crippen LogP contribution in [0.5, 0.6) is 0 Å². The first-order valence-corrected chi connectivity index (χ1v) is 8.32. The van der Waals surface area contributed by atoms with E-state index in [1.807, 2.05) is 6.08 Å². The van der Waals surface area contributed by atoms with Crippen LogP contribution in [0.15, 0.2) is 24.3 Å². The van der Waals surface area contributed by atoms with Gasteiger partial charge in [-0.1, -0.05) is 76.2 Å². The molecule has 19 heavy (non-hydrogen) atoms. The molecule has 1 heteroatoms. The van der Waals surface area contributed by atoms with Gasteiger partial charge in [0.05, 0.1) is 6.61 Å². The van der Waals surface area contributed by atoms with Crippen molar-refractivity contribution in [1.82, 2.24) is 0 Å². The first-order valence-electron chi connectivity index (χ1n) is 8.32. The van der Waals surface area contributed by atoms with Crippen molar-refractivity contribution in [1.29, 1.82) is 0 Å². The van der Waals surface area contributed by atoms with Crippen LogP contribution in [0.25, 0.3) is 0 Å². The van der Waals surface area contributed by atoms with Gasteiger partial charge >= 0.3 is 0 Å². The highest BCUT2D eigenvalue weighted by atomic mass is 16.2. The molecule has 0 radical (unpaired) electrons. The zero-order chi connectivity index (χ0) is 14.0. The second-order valence-corrected chi connectivity index (χ2v) is 5.32. The van der Waals surface area contributed by atoms with E-state index in [0.29, 0.717) is 0 Å². The Morgan fingerprint density at radius 1 is 0.579 bits per heavy atom. The van der Waals surface area contributed by atoms with E-state index in [1.165, 1.54) is 70.6 Å². The fourth-order valence-electron chi connectivity index (χ4n) is 2.16. The monoisotopic (exact) mass is 266 g/mol. The second-order valence-electron chi connectivity index (χ2n) is 5.32. The molecule has 112 valence electrons. The fourth-order valence-corrected chi connectivity index (χ4v) is 2.16. The first-order chi connectivity index (χ1) is 9.41. The summed E-state index contributed by atoms with van der Waals surface area (Å²) < 4.78 is 0. The minimum absolute atomic E-state index is 0.187. The van der Waals surface area contributed by atoms with Crippen LogP contribution in [0, 0.1) is 0 Å². The number of unbranched alkanes of at least 4 members (excludes halogenated alkanes) is 10. The summed E-state index contributed by atoms with van der Waals surface area (Å²) in [5, 5.41) is 8.58. The van der Waals surface area contributed by atoms with Gasteiger partial charge in [0.25, 0.3) is 0 Å². The summed E-state index contributed by atoms with van der Waals surface area (Å²) in [5.74, 6) is 0. The van der Waals surface area contributed by atoms with Crippen molar-refractivity contribution in [3.05, 3.63) is 24.3 Å². The van der Waals surface area contributed by atoms with E-state index < -0.39 is 0 Å². The van der Waals surface area contributed by atoms with Gasteiger partial charge in [-0.25, -0.2) is 0 Å². The molecule has 0 bridgehead atoms. The number of hydrogen-bond donors (Lipinski definition) is 1. The van der Waals surface area contributed by atoms with E-state index in [2.05, 4.69) is 25.2 Å². The molecule has 0 aliphatic heterocycles. The molecule has 0 spiro atoms. The van der Waals surface area contributed by atoms with E-state index in [1.54, 1.807) is 0 Å². The van der Waals surface area contributed by atoms with Crippen LogP contribution >= 0.6 is 0 Å². The molecular formula is C18H34O. The van der Waals surface area contributed by atoms with E-state index in [4.69, 9.17) is 5.11 Å². The van der Waals surface area contributed by atoms with Crippen LogP contribution in [0.3, 0.4) is 0 Å². The maximum absolute atomic E-state index is 8.58. The van der Waals surface area contributed by atoms with Crippen molar-refractivity contribution in [3.63, 3.8) is 0 Å². The van der Waals surface area contributed by atoms with Crippen LogP contribution in [0.1, 0.15) is 84.0 Å². The van der Waals surface area contributed by atoms with E-state index in [0.717, 1.165) is 6.42 Å². The zero-order valence-corrected chi connectivity index (χ0v) is 12.9. The van der Waals surface area contributed by atoms with Crippen molar-refractivity contribution in [3.8, 4) is 0 Å². The lowest BCUT2D eigenvalue weighted by atomic mass is 10.1. The maximum atomic E-state index is 8.58. The molecule has 0 unspecified atom stereocenters. The molecule has 0 saturated carbocycles. The molecule has 0 aliphatic carbocycles. The van der Waals surface area contributed by atoms with Crippen LogP contribution in [0.2, 0.25) is 0 Å². The molecule has 0 heterocycles. The van der Waals surface area contributed by atoms with Crippen LogP contribution in [0.4, 0.5) is 0 Å². The summed E-state index contributed by atoms with van der Waals surface area (Å²) in [5.41, 5.74) is 0. The Labute approximate surface area is 120 Å². The normalized spacial score (nSPS) is 11.9. The van der Waals surface area contributed by atoms with Crippen molar-refractivity contribution >= 4 is 0 Å². The zero-order valence-electron chi connectivity index (χ0n) is 12.9. The summed E-state index contributed by atoms with van der Waals surface area (Å²) in [6, 6.07) is 0. The molecule has 1 N–H and O–H groups in total. The van der Waals surface area contributed by atoms with Crippen molar-refractivity contribution < 1.29 is 5.11 Å². The lowest BCUT2D eigenvalue weighted by Gasteiger charge is -2.00. The highest BCUT2D eigenvalue weighted by Crippen LogP contribution is 2.10. The van der Waals surface area contributed by atoms with Gasteiger partial charge in [-0.15, -0.1) is 0 Å². The molecule has 0 aliphatic rings. The third-order valence-electron chi connectivity index (χ3n) is 3.40. The first kappa shape index (κ1) is 18.4. The van der Waals surface area contributed by atoms with Gasteiger partial charge in [-0.3, -0.25) is 0 Å². The third-order valence-corrected chi connectivity index (χ3v) is 3.40. The lowest BCUT2D eigenvalue weighted by Crippen LogP contribution is -1.80. The largest absolute Gasteiger partial charge is 0.392 e. The van der Waals surface area contributed by atoms with Crippen LogP contribution < -0.4 is 0 Å². The molecule has 0 atom stereocenters. The Morgan fingerprint density at radius 3 is 1.47 bits per heavy atom. The predicted octanol–water partition coefficient (Wildman–Crippen LogP) is 5.79. The molecule has 0 saturated heterocycles. The summed E-state index contributed by atoms with van der Waals surface area (Å²) in [4.78, 5) is 0. The van der Waals surface area contributed by atoms with Gasteiger partial charge in [0, 0.05) is 0 Å². The summed E-state index contributed by atoms with van der Waals surface area (Å²) in [7, 11) is 0. The Bertz CT molecular complexity index is 206. The van der Waals surface area contributed by atoms with E-state index in [9.17, 15) is 0 Å². The maximum Gasteiger partial charge on any atom is 0.0612 e. The smallest absolute Gasteiger partial charge is 0.0612 e. The highest BCUT2D eigenvalue weighted by Gasteiger charge is 1.90. The van der Waals surface area contributed by atoms with Gasteiger partial charge in [0.1, 0.15) is 0 Å². The van der Waals surface area contributed by atoms with Gasteiger partial charge in [-0.05, 0) is 32.1 Å². The molecule has 0 aromatic carbocycles. The summed E-state index contributed by atoms with van der Waals surface area (Å²) in [6.07, 6.45) is 24.5. The average molecular weight is 266 g/mol. The molecule has 0 aromatic heterocycles. The number of aliphatic hydroxyl groups is 1. The van der Waals surface area contributed by atoms with E-state index >= 15 is 0 Å². The van der Waals surface area contributed by atoms with Gasteiger partial charge in [-0.2, -0.15) is 0 Å². The fraction of sp³-hybridized carbons (Fsp3) is 0.778. The van der Waals surface area contributed by atoms with Crippen molar-refractivity contribution in [2.45, 2.75) is 84.0 Å². The Balaban J connectivity index is 3.02. The van der Waals surface area contributed by atoms with E-state index in [-0.39, 0.29) is 6.61 Å². The SMILES string of the molecule is CCCC/C=C/CCCCCCCCC/C=C\CO. The molecule has 0 fully saturated rings. The summed E-state index contributed by atoms with van der Waals surface area (Å²) >= 11 is 0. The Hall–Kier alpha value is -0.560. The second kappa shape index (κ2) is 17.4. The summed E-state index contributed by atoms with van der Waals surface area (Å²) in [6.45, 7) is 2.43. The lowest BCUT2D eigenvalue weighted by molar-refractivity contribution is 0.342.